The maximum Gasteiger partial charge on any atom is 0.259 e. The molecule has 0 saturated heterocycles. The number of halogens is 1. The summed E-state index contributed by atoms with van der Waals surface area (Å²) in [4.78, 5) is 12.2. The summed E-state index contributed by atoms with van der Waals surface area (Å²) in [6, 6.07) is 3.84. The first kappa shape index (κ1) is 14.1. The predicted molar refractivity (Wildman–Crippen MR) is 78.2 cm³/mol. The number of benzene rings is 1. The Morgan fingerprint density at radius 1 is 1.45 bits per heavy atom. The van der Waals surface area contributed by atoms with Crippen molar-refractivity contribution in [2.45, 2.75) is 6.92 Å². The third-order valence-corrected chi connectivity index (χ3v) is 3.20. The van der Waals surface area contributed by atoms with Gasteiger partial charge in [-0.15, -0.1) is 0 Å². The van der Waals surface area contributed by atoms with E-state index in [1.807, 2.05) is 0 Å². The highest BCUT2D eigenvalue weighted by Crippen LogP contribution is 2.18. The molecule has 1 heterocycles. The van der Waals surface area contributed by atoms with Gasteiger partial charge in [0.1, 0.15) is 10.8 Å². The number of anilines is 1. The van der Waals surface area contributed by atoms with Crippen molar-refractivity contribution in [3.8, 4) is 0 Å². The minimum Gasteiger partial charge on any atom is -0.389 e. The van der Waals surface area contributed by atoms with Gasteiger partial charge in [-0.05, 0) is 25.1 Å². The molecular weight excluding hydrogens is 279 g/mol. The van der Waals surface area contributed by atoms with Gasteiger partial charge in [-0.1, -0.05) is 12.2 Å². The average Bonchev–Trinajstić information content (AvgIpc) is 2.72. The summed E-state index contributed by atoms with van der Waals surface area (Å²) in [5, 5.41) is 6.66. The molecule has 0 saturated carbocycles. The largest absolute Gasteiger partial charge is 0.389 e. The van der Waals surface area contributed by atoms with Crippen molar-refractivity contribution >= 4 is 28.8 Å². The molecule has 3 N–H and O–H groups in total. The van der Waals surface area contributed by atoms with E-state index in [0.29, 0.717) is 11.3 Å². The Morgan fingerprint density at radius 3 is 2.70 bits per heavy atom. The Bertz CT molecular complexity index is 696. The van der Waals surface area contributed by atoms with E-state index in [2.05, 4.69) is 10.4 Å². The van der Waals surface area contributed by atoms with E-state index < -0.39 is 5.82 Å². The van der Waals surface area contributed by atoms with Crippen molar-refractivity contribution in [1.82, 2.24) is 9.78 Å². The second-order valence-corrected chi connectivity index (χ2v) is 4.72. The number of carbonyl (C=O) groups excluding carboxylic acids is 1. The molecular formula is C13H13FN4OS. The van der Waals surface area contributed by atoms with Gasteiger partial charge in [0.05, 0.1) is 17.4 Å². The van der Waals surface area contributed by atoms with Gasteiger partial charge in [0, 0.05) is 18.3 Å². The maximum absolute atomic E-state index is 13.2. The average molecular weight is 292 g/mol. The lowest BCUT2D eigenvalue weighted by Gasteiger charge is -2.10. The van der Waals surface area contributed by atoms with E-state index in [-0.39, 0.29) is 16.5 Å². The lowest BCUT2D eigenvalue weighted by atomic mass is 10.1. The number of hydrogen-bond acceptors (Lipinski definition) is 3. The highest BCUT2D eigenvalue weighted by atomic mass is 32.1. The van der Waals surface area contributed by atoms with Crippen LogP contribution in [0.3, 0.4) is 0 Å². The number of carbonyl (C=O) groups is 1. The number of nitrogens with zero attached hydrogens (tertiary/aromatic N) is 2. The Kier molecular flexibility index (Phi) is 3.80. The Hall–Kier alpha value is -2.28. The van der Waals surface area contributed by atoms with Crippen LogP contribution in [0.1, 0.15) is 21.6 Å². The summed E-state index contributed by atoms with van der Waals surface area (Å²) >= 11 is 4.85. The minimum absolute atomic E-state index is 0.0164. The molecule has 1 aromatic heterocycles. The predicted octanol–water partition coefficient (Wildman–Crippen LogP) is 1.75. The van der Waals surface area contributed by atoms with Crippen LogP contribution in [0.5, 0.6) is 0 Å². The molecule has 1 aromatic carbocycles. The van der Waals surface area contributed by atoms with Gasteiger partial charge in [-0.3, -0.25) is 9.48 Å². The molecule has 0 bridgehead atoms. The van der Waals surface area contributed by atoms with Gasteiger partial charge in [-0.2, -0.15) is 5.10 Å². The third-order valence-electron chi connectivity index (χ3n) is 2.98. The van der Waals surface area contributed by atoms with Crippen molar-refractivity contribution in [2.75, 3.05) is 5.32 Å². The van der Waals surface area contributed by atoms with Gasteiger partial charge < -0.3 is 11.1 Å². The van der Waals surface area contributed by atoms with E-state index in [1.165, 1.54) is 24.4 Å². The molecule has 1 amide bonds. The minimum atomic E-state index is -0.469. The Morgan fingerprint density at radius 2 is 2.15 bits per heavy atom. The van der Waals surface area contributed by atoms with Crippen LogP contribution in [0.2, 0.25) is 0 Å². The second kappa shape index (κ2) is 5.38. The van der Waals surface area contributed by atoms with E-state index in [0.717, 1.165) is 5.69 Å². The normalized spacial score (nSPS) is 10.3. The van der Waals surface area contributed by atoms with Gasteiger partial charge in [0.25, 0.3) is 5.91 Å². The standard InChI is InChI=1S/C13H13FN4OS/c1-7-10(6-16-18(7)2)13(19)17-11-4-3-8(14)5-9(11)12(15)20/h3-6H,1-2H3,(H2,15,20)(H,17,19). The molecule has 0 spiro atoms. The molecule has 0 aliphatic rings. The SMILES string of the molecule is Cc1c(C(=O)Nc2ccc(F)cc2C(N)=S)cnn1C. The van der Waals surface area contributed by atoms with Gasteiger partial charge >= 0.3 is 0 Å². The molecule has 2 rings (SSSR count). The van der Waals surface area contributed by atoms with Crippen molar-refractivity contribution in [3.05, 3.63) is 47.0 Å². The summed E-state index contributed by atoms with van der Waals surface area (Å²) in [6.07, 6.45) is 1.47. The molecule has 2 aromatic rings. The molecule has 0 radical (unpaired) electrons. The van der Waals surface area contributed by atoms with Crippen LogP contribution in [-0.2, 0) is 7.05 Å². The fourth-order valence-corrected chi connectivity index (χ4v) is 1.91. The molecule has 0 fully saturated rings. The van der Waals surface area contributed by atoms with Crippen molar-refractivity contribution in [1.29, 1.82) is 0 Å². The van der Waals surface area contributed by atoms with Crippen LogP contribution in [-0.4, -0.2) is 20.7 Å². The van der Waals surface area contributed by atoms with Crippen molar-refractivity contribution in [2.24, 2.45) is 12.8 Å². The maximum atomic E-state index is 13.2. The third kappa shape index (κ3) is 2.67. The zero-order valence-electron chi connectivity index (χ0n) is 11.0. The topological polar surface area (TPSA) is 72.9 Å². The fourth-order valence-electron chi connectivity index (χ4n) is 1.74. The molecule has 0 aliphatic heterocycles. The molecule has 7 heteroatoms. The van der Waals surface area contributed by atoms with Gasteiger partial charge in [0.15, 0.2) is 0 Å². The Balaban J connectivity index is 2.33. The highest BCUT2D eigenvalue weighted by Gasteiger charge is 2.15. The highest BCUT2D eigenvalue weighted by molar-refractivity contribution is 7.80. The summed E-state index contributed by atoms with van der Waals surface area (Å²) in [5.41, 5.74) is 7.34. The van der Waals surface area contributed by atoms with E-state index in [1.54, 1.807) is 18.7 Å². The molecule has 0 atom stereocenters. The number of amides is 1. The molecule has 104 valence electrons. The van der Waals surface area contributed by atoms with Crippen molar-refractivity contribution in [3.63, 3.8) is 0 Å². The lowest BCUT2D eigenvalue weighted by Crippen LogP contribution is -2.18. The Labute approximate surface area is 120 Å². The first-order chi connectivity index (χ1) is 9.40. The van der Waals surface area contributed by atoms with Crippen LogP contribution in [0.15, 0.2) is 24.4 Å². The number of hydrogen-bond donors (Lipinski definition) is 2. The zero-order valence-corrected chi connectivity index (χ0v) is 11.8. The monoisotopic (exact) mass is 292 g/mol. The number of aromatic nitrogens is 2. The summed E-state index contributed by atoms with van der Waals surface area (Å²) in [5.74, 6) is -0.817. The smallest absolute Gasteiger partial charge is 0.259 e. The zero-order chi connectivity index (χ0) is 14.9. The van der Waals surface area contributed by atoms with Crippen LogP contribution in [0.4, 0.5) is 10.1 Å². The summed E-state index contributed by atoms with van der Waals surface area (Å²) in [6.45, 7) is 1.78. The van der Waals surface area contributed by atoms with Crippen LogP contribution in [0, 0.1) is 12.7 Å². The number of aryl methyl sites for hydroxylation is 1. The van der Waals surface area contributed by atoms with E-state index >= 15 is 0 Å². The van der Waals surface area contributed by atoms with E-state index in [4.69, 9.17) is 18.0 Å². The number of thiocarbonyl (C=S) groups is 1. The van der Waals surface area contributed by atoms with Crippen molar-refractivity contribution < 1.29 is 9.18 Å². The fraction of sp³-hybridized carbons (Fsp3) is 0.154. The molecule has 20 heavy (non-hydrogen) atoms. The first-order valence-corrected chi connectivity index (χ1v) is 6.20. The van der Waals surface area contributed by atoms with E-state index in [9.17, 15) is 9.18 Å². The van der Waals surface area contributed by atoms with Crippen LogP contribution >= 0.6 is 12.2 Å². The molecule has 5 nitrogen and oxygen atoms in total. The number of nitrogens with one attached hydrogen (secondary N) is 1. The quantitative estimate of drug-likeness (QED) is 0.845. The van der Waals surface area contributed by atoms with Gasteiger partial charge in [0.2, 0.25) is 0 Å². The molecule has 0 aliphatic carbocycles. The summed E-state index contributed by atoms with van der Waals surface area (Å²) < 4.78 is 14.8. The van der Waals surface area contributed by atoms with Crippen LogP contribution < -0.4 is 11.1 Å². The lowest BCUT2D eigenvalue weighted by molar-refractivity contribution is 0.102. The number of nitrogens with two attached hydrogens (primary N) is 1. The molecule has 0 unspecified atom stereocenters. The van der Waals surface area contributed by atoms with Crippen LogP contribution in [0.25, 0.3) is 0 Å². The number of rotatable bonds is 3. The second-order valence-electron chi connectivity index (χ2n) is 4.28. The van der Waals surface area contributed by atoms with Gasteiger partial charge in [-0.25, -0.2) is 4.39 Å². The summed E-state index contributed by atoms with van der Waals surface area (Å²) in [7, 11) is 1.74. The first-order valence-electron chi connectivity index (χ1n) is 5.79.